The van der Waals surface area contributed by atoms with Gasteiger partial charge in [0.05, 0.1) is 6.04 Å². The molecule has 2 aromatic rings. The summed E-state index contributed by atoms with van der Waals surface area (Å²) in [6.45, 7) is 17.0. The molecule has 0 aliphatic carbocycles. The molecule has 4 rings (SSSR count). The summed E-state index contributed by atoms with van der Waals surface area (Å²) in [7, 11) is 0. The predicted octanol–water partition coefficient (Wildman–Crippen LogP) is 6.77. The fourth-order valence-electron chi connectivity index (χ4n) is 4.96. The number of benzene rings is 2. The minimum Gasteiger partial charge on any atom is -0.444 e. The van der Waals surface area contributed by atoms with Gasteiger partial charge in [-0.1, -0.05) is 59.6 Å². The topological polar surface area (TPSA) is 70.8 Å². The van der Waals surface area contributed by atoms with Crippen molar-refractivity contribution in [2.45, 2.75) is 63.4 Å². The Morgan fingerprint density at radius 1 is 1.00 bits per heavy atom. The Kier molecular flexibility index (Phi) is 11.5. The highest BCUT2D eigenvalue weighted by Crippen LogP contribution is 2.32. The lowest BCUT2D eigenvalue weighted by molar-refractivity contribution is 0.0347. The van der Waals surface area contributed by atoms with Crippen LogP contribution < -0.4 is 11.1 Å². The van der Waals surface area contributed by atoms with Crippen LogP contribution in [0.5, 0.6) is 0 Å². The number of hydrogen-bond donors (Lipinski definition) is 2. The van der Waals surface area contributed by atoms with Crippen molar-refractivity contribution in [3.8, 4) is 0 Å². The molecule has 8 heteroatoms. The minimum atomic E-state index is -0.524. The SMILES string of the molecule is C=CCN1CC[C@H]1[C@@H](N)c1cccc(Cl)c1.C=CCN1CC[C@H]1[C@@H](NC(=O)OC(C)(C)C)c1cccc(Cl)c1. The van der Waals surface area contributed by atoms with Crippen LogP contribution in [-0.2, 0) is 4.74 Å². The molecule has 0 bridgehead atoms. The molecule has 3 N–H and O–H groups in total. The van der Waals surface area contributed by atoms with Crippen molar-refractivity contribution in [3.63, 3.8) is 0 Å². The third kappa shape index (κ3) is 9.09. The number of rotatable bonds is 9. The number of likely N-dealkylation sites (tertiary alicyclic amines) is 2. The maximum absolute atomic E-state index is 12.2. The van der Waals surface area contributed by atoms with E-state index >= 15 is 0 Å². The highest BCUT2D eigenvalue weighted by atomic mass is 35.5. The van der Waals surface area contributed by atoms with Crippen LogP contribution in [0.15, 0.2) is 73.8 Å². The van der Waals surface area contributed by atoms with Gasteiger partial charge in [0.15, 0.2) is 0 Å². The quantitative estimate of drug-likeness (QED) is 0.324. The first-order valence-electron chi connectivity index (χ1n) is 13.5. The van der Waals surface area contributed by atoms with Gasteiger partial charge >= 0.3 is 6.09 Å². The standard InChI is InChI=1S/C18H25ClN2O2.C13H17ClN2/c1-5-10-21-11-9-15(21)16(13-7-6-8-14(19)12-13)20-17(22)23-18(2,3)4;1-2-7-16-8-6-12(16)13(15)10-4-3-5-11(14)9-10/h5-8,12,15-16H,1,9-11H2,2-4H3,(H,20,22);2-5,9,12-13H,1,6-8,15H2/t15-,16-;12-,13-/m00/s1. The van der Waals surface area contributed by atoms with E-state index in [1.54, 1.807) is 0 Å². The van der Waals surface area contributed by atoms with Crippen LogP contribution in [0.25, 0.3) is 0 Å². The van der Waals surface area contributed by atoms with Gasteiger partial charge in [-0.25, -0.2) is 4.79 Å². The smallest absolute Gasteiger partial charge is 0.408 e. The molecule has 2 heterocycles. The van der Waals surface area contributed by atoms with Crippen molar-refractivity contribution in [1.82, 2.24) is 15.1 Å². The summed E-state index contributed by atoms with van der Waals surface area (Å²) in [6, 6.07) is 16.0. The summed E-state index contributed by atoms with van der Waals surface area (Å²) < 4.78 is 5.41. The fourth-order valence-corrected chi connectivity index (χ4v) is 5.36. The van der Waals surface area contributed by atoms with Gasteiger partial charge in [-0.2, -0.15) is 0 Å². The van der Waals surface area contributed by atoms with Crippen molar-refractivity contribution in [2.75, 3.05) is 26.2 Å². The first kappa shape index (κ1) is 31.2. The van der Waals surface area contributed by atoms with Crippen molar-refractivity contribution in [1.29, 1.82) is 0 Å². The van der Waals surface area contributed by atoms with E-state index in [2.05, 4.69) is 28.3 Å². The summed E-state index contributed by atoms with van der Waals surface area (Å²) in [4.78, 5) is 16.9. The van der Waals surface area contributed by atoms with E-state index < -0.39 is 11.7 Å². The van der Waals surface area contributed by atoms with Gasteiger partial charge in [0.2, 0.25) is 0 Å². The fraction of sp³-hybridized carbons (Fsp3) is 0.452. The molecule has 0 spiro atoms. The molecule has 2 aliphatic heterocycles. The lowest BCUT2D eigenvalue weighted by Crippen LogP contribution is -2.55. The van der Waals surface area contributed by atoms with Crippen molar-refractivity contribution < 1.29 is 9.53 Å². The zero-order valence-electron chi connectivity index (χ0n) is 23.3. The Morgan fingerprint density at radius 3 is 1.97 bits per heavy atom. The predicted molar refractivity (Wildman–Crippen MR) is 162 cm³/mol. The first-order valence-corrected chi connectivity index (χ1v) is 14.2. The highest BCUT2D eigenvalue weighted by molar-refractivity contribution is 6.30. The molecule has 4 atom stereocenters. The van der Waals surface area contributed by atoms with E-state index in [4.69, 9.17) is 33.7 Å². The third-order valence-corrected chi connectivity index (χ3v) is 7.47. The van der Waals surface area contributed by atoms with Gasteiger partial charge in [-0.05, 0) is 69.0 Å². The number of carbonyl (C=O) groups is 1. The summed E-state index contributed by atoms with van der Waals surface area (Å²) in [5.74, 6) is 0. The van der Waals surface area contributed by atoms with E-state index in [-0.39, 0.29) is 18.1 Å². The van der Waals surface area contributed by atoms with E-state index in [0.717, 1.165) is 55.2 Å². The number of carbonyl (C=O) groups excluding carboxylic acids is 1. The Balaban J connectivity index is 0.000000230. The molecule has 2 aromatic carbocycles. The van der Waals surface area contributed by atoms with Gasteiger partial charge in [-0.15, -0.1) is 13.2 Å². The van der Waals surface area contributed by atoms with Gasteiger partial charge in [0.1, 0.15) is 5.60 Å². The molecule has 2 fully saturated rings. The van der Waals surface area contributed by atoms with E-state index in [9.17, 15) is 4.79 Å². The van der Waals surface area contributed by atoms with Gasteiger partial charge in [0.25, 0.3) is 0 Å². The monoisotopic (exact) mass is 572 g/mol. The minimum absolute atomic E-state index is 0.0485. The number of nitrogens with zero attached hydrogens (tertiary/aromatic N) is 2. The average Bonchev–Trinajstić information content (AvgIpc) is 2.83. The number of nitrogens with one attached hydrogen (secondary N) is 1. The number of alkyl carbamates (subject to hydrolysis) is 1. The molecule has 212 valence electrons. The van der Waals surface area contributed by atoms with Crippen molar-refractivity contribution >= 4 is 29.3 Å². The number of amides is 1. The number of halogens is 2. The molecule has 1 amide bonds. The zero-order chi connectivity index (χ0) is 28.6. The Labute approximate surface area is 243 Å². The van der Waals surface area contributed by atoms with Gasteiger partial charge in [-0.3, -0.25) is 9.80 Å². The van der Waals surface area contributed by atoms with Crippen LogP contribution in [0.4, 0.5) is 4.79 Å². The molecule has 0 radical (unpaired) electrons. The highest BCUT2D eigenvalue weighted by Gasteiger charge is 2.37. The van der Waals surface area contributed by atoms with Gasteiger partial charge < -0.3 is 15.8 Å². The second-order valence-corrected chi connectivity index (χ2v) is 11.9. The van der Waals surface area contributed by atoms with Crippen LogP contribution in [-0.4, -0.2) is 59.8 Å². The molecule has 0 unspecified atom stereocenters. The zero-order valence-corrected chi connectivity index (χ0v) is 24.8. The van der Waals surface area contributed by atoms with Gasteiger partial charge in [0, 0.05) is 54.3 Å². The molecule has 0 saturated carbocycles. The molecular weight excluding hydrogens is 531 g/mol. The number of hydrogen-bond acceptors (Lipinski definition) is 5. The largest absolute Gasteiger partial charge is 0.444 e. The Hall–Kier alpha value is -2.35. The molecule has 0 aromatic heterocycles. The third-order valence-electron chi connectivity index (χ3n) is 7.00. The molecular formula is C31H42Cl2N4O2. The lowest BCUT2D eigenvalue weighted by Gasteiger charge is -2.45. The second-order valence-electron chi connectivity index (χ2n) is 11.0. The molecule has 2 saturated heterocycles. The number of nitrogens with two attached hydrogens (primary N) is 1. The maximum atomic E-state index is 12.2. The lowest BCUT2D eigenvalue weighted by atomic mass is 9.90. The van der Waals surface area contributed by atoms with E-state index in [1.165, 1.54) is 0 Å². The molecule has 2 aliphatic rings. The van der Waals surface area contributed by atoms with E-state index in [0.29, 0.717) is 11.1 Å². The number of ether oxygens (including phenoxy) is 1. The van der Waals surface area contributed by atoms with Crippen molar-refractivity contribution in [3.05, 3.63) is 95.0 Å². The Bertz CT molecular complexity index is 1120. The van der Waals surface area contributed by atoms with Crippen LogP contribution in [0, 0.1) is 0 Å². The van der Waals surface area contributed by atoms with Crippen LogP contribution in [0.2, 0.25) is 10.0 Å². The molecule has 39 heavy (non-hydrogen) atoms. The van der Waals surface area contributed by atoms with E-state index in [1.807, 2.05) is 81.5 Å². The summed E-state index contributed by atoms with van der Waals surface area (Å²) in [5.41, 5.74) is 7.84. The summed E-state index contributed by atoms with van der Waals surface area (Å²) >= 11 is 12.1. The van der Waals surface area contributed by atoms with Crippen LogP contribution in [0.3, 0.4) is 0 Å². The summed E-state index contributed by atoms with van der Waals surface area (Å²) in [6.07, 6.45) is 5.57. The Morgan fingerprint density at radius 2 is 1.51 bits per heavy atom. The first-order chi connectivity index (χ1) is 18.5. The second kappa shape index (κ2) is 14.3. The average molecular weight is 574 g/mol. The van der Waals surface area contributed by atoms with Crippen LogP contribution in [0.1, 0.15) is 56.8 Å². The normalized spacial score (nSPS) is 20.8. The molecule has 6 nitrogen and oxygen atoms in total. The van der Waals surface area contributed by atoms with Crippen molar-refractivity contribution in [2.24, 2.45) is 5.73 Å². The summed E-state index contributed by atoms with van der Waals surface area (Å²) in [5, 5.41) is 4.42. The maximum Gasteiger partial charge on any atom is 0.408 e. The van der Waals surface area contributed by atoms with Crippen LogP contribution >= 0.6 is 23.2 Å².